The molecule has 1 fully saturated rings. The molecule has 1 saturated heterocycles. The summed E-state index contributed by atoms with van der Waals surface area (Å²) in [7, 11) is 0. The van der Waals surface area contributed by atoms with Gasteiger partial charge >= 0.3 is 12.2 Å². The van der Waals surface area contributed by atoms with E-state index in [1.807, 2.05) is 4.90 Å². The van der Waals surface area contributed by atoms with Gasteiger partial charge in [-0.3, -0.25) is 0 Å². The average molecular weight is 379 g/mol. The zero-order valence-corrected chi connectivity index (χ0v) is 14.6. The summed E-state index contributed by atoms with van der Waals surface area (Å²) in [6.45, 7) is 2.79. The van der Waals surface area contributed by atoms with Crippen LogP contribution in [-0.2, 0) is 12.6 Å². The summed E-state index contributed by atoms with van der Waals surface area (Å²) in [5.74, 6) is 0.653. The number of benzene rings is 1. The Morgan fingerprint density at radius 1 is 1.04 bits per heavy atom. The summed E-state index contributed by atoms with van der Waals surface area (Å²) in [6.07, 6.45) is -0.493. The first-order chi connectivity index (χ1) is 12.9. The lowest BCUT2D eigenvalue weighted by Crippen LogP contribution is -2.52. The molecule has 0 unspecified atom stereocenters. The van der Waals surface area contributed by atoms with Gasteiger partial charge in [0.05, 0.1) is 5.56 Å². The van der Waals surface area contributed by atoms with Crippen molar-refractivity contribution >= 4 is 12.0 Å². The zero-order chi connectivity index (χ0) is 19.3. The molecule has 1 aliphatic heterocycles. The number of nitrogens with one attached hydrogen (secondary N) is 1. The van der Waals surface area contributed by atoms with Crippen LogP contribution in [0.1, 0.15) is 11.1 Å². The number of hydrogen-bond acceptors (Lipinski definition) is 4. The van der Waals surface area contributed by atoms with Crippen LogP contribution in [0.25, 0.3) is 0 Å². The Morgan fingerprint density at radius 2 is 1.67 bits per heavy atom. The van der Waals surface area contributed by atoms with Crippen LogP contribution in [0.15, 0.2) is 42.7 Å². The molecule has 0 bridgehead atoms. The number of carbonyl (C=O) groups is 1. The van der Waals surface area contributed by atoms with Gasteiger partial charge in [-0.05, 0) is 30.2 Å². The third-order valence-electron chi connectivity index (χ3n) is 4.37. The van der Waals surface area contributed by atoms with Gasteiger partial charge in [0.15, 0.2) is 0 Å². The Morgan fingerprint density at radius 3 is 2.26 bits per heavy atom. The van der Waals surface area contributed by atoms with Crippen molar-refractivity contribution < 1.29 is 18.0 Å². The minimum Gasteiger partial charge on any atom is -0.338 e. The molecule has 3 rings (SSSR count). The molecular weight excluding hydrogens is 359 g/mol. The predicted molar refractivity (Wildman–Crippen MR) is 94.4 cm³/mol. The van der Waals surface area contributed by atoms with Crippen molar-refractivity contribution in [3.8, 4) is 0 Å². The summed E-state index contributed by atoms with van der Waals surface area (Å²) in [4.78, 5) is 24.4. The van der Waals surface area contributed by atoms with E-state index in [1.165, 1.54) is 12.1 Å². The molecule has 144 valence electrons. The SMILES string of the molecule is O=C(NCCc1ccc(C(F)(F)F)cc1)N1CCN(c2ncccn2)CC1. The Labute approximate surface area is 155 Å². The second kappa shape index (κ2) is 8.24. The molecule has 1 aromatic heterocycles. The van der Waals surface area contributed by atoms with E-state index in [-0.39, 0.29) is 6.03 Å². The second-order valence-corrected chi connectivity index (χ2v) is 6.20. The van der Waals surface area contributed by atoms with E-state index in [1.54, 1.807) is 23.4 Å². The predicted octanol–water partition coefficient (Wildman–Crippen LogP) is 2.57. The Hall–Kier alpha value is -2.84. The minimum absolute atomic E-state index is 0.171. The fourth-order valence-electron chi connectivity index (χ4n) is 2.85. The Bertz CT molecular complexity index is 744. The standard InChI is InChI=1S/C18H20F3N5O/c19-18(20,21)15-4-2-14(3-5-15)6-9-24-17(27)26-12-10-25(11-13-26)16-22-7-1-8-23-16/h1-5,7-8H,6,9-13H2,(H,24,27). The molecule has 2 amide bonds. The summed E-state index contributed by atoms with van der Waals surface area (Å²) < 4.78 is 37.6. The van der Waals surface area contributed by atoms with Gasteiger partial charge in [-0.15, -0.1) is 0 Å². The van der Waals surface area contributed by atoms with E-state index in [2.05, 4.69) is 15.3 Å². The van der Waals surface area contributed by atoms with Gasteiger partial charge in [0, 0.05) is 45.1 Å². The molecule has 1 aliphatic rings. The number of piperazine rings is 1. The van der Waals surface area contributed by atoms with Gasteiger partial charge in [0.25, 0.3) is 0 Å². The molecule has 2 aromatic rings. The zero-order valence-electron chi connectivity index (χ0n) is 14.6. The molecule has 0 aliphatic carbocycles. The molecule has 6 nitrogen and oxygen atoms in total. The molecule has 0 radical (unpaired) electrons. The van der Waals surface area contributed by atoms with Gasteiger partial charge in [-0.1, -0.05) is 12.1 Å². The molecule has 9 heteroatoms. The average Bonchev–Trinajstić information content (AvgIpc) is 2.68. The Kier molecular flexibility index (Phi) is 5.78. The third-order valence-corrected chi connectivity index (χ3v) is 4.37. The summed E-state index contributed by atoms with van der Waals surface area (Å²) in [5, 5.41) is 2.82. The molecule has 27 heavy (non-hydrogen) atoms. The molecule has 0 saturated carbocycles. The highest BCUT2D eigenvalue weighted by molar-refractivity contribution is 5.74. The van der Waals surface area contributed by atoms with Crippen LogP contribution >= 0.6 is 0 Å². The molecule has 2 heterocycles. The van der Waals surface area contributed by atoms with Crippen molar-refractivity contribution in [3.63, 3.8) is 0 Å². The normalized spacial score (nSPS) is 14.9. The monoisotopic (exact) mass is 379 g/mol. The van der Waals surface area contributed by atoms with Crippen LogP contribution in [0.3, 0.4) is 0 Å². The Balaban J connectivity index is 1.41. The van der Waals surface area contributed by atoms with Gasteiger partial charge in [0.1, 0.15) is 0 Å². The van der Waals surface area contributed by atoms with Crippen LogP contribution in [0, 0.1) is 0 Å². The number of alkyl halides is 3. The summed E-state index contributed by atoms with van der Waals surface area (Å²) >= 11 is 0. The van der Waals surface area contributed by atoms with Gasteiger partial charge < -0.3 is 15.1 Å². The van der Waals surface area contributed by atoms with Crippen molar-refractivity contribution in [2.45, 2.75) is 12.6 Å². The van der Waals surface area contributed by atoms with E-state index in [0.29, 0.717) is 45.1 Å². The van der Waals surface area contributed by atoms with E-state index >= 15 is 0 Å². The van der Waals surface area contributed by atoms with E-state index < -0.39 is 11.7 Å². The first-order valence-electron chi connectivity index (χ1n) is 8.64. The maximum atomic E-state index is 12.5. The quantitative estimate of drug-likeness (QED) is 0.887. The molecule has 1 aromatic carbocycles. The molecular formula is C18H20F3N5O. The lowest BCUT2D eigenvalue weighted by molar-refractivity contribution is -0.137. The van der Waals surface area contributed by atoms with Crippen LogP contribution in [0.5, 0.6) is 0 Å². The van der Waals surface area contributed by atoms with Crippen LogP contribution in [-0.4, -0.2) is 53.6 Å². The third kappa shape index (κ3) is 5.08. The maximum absolute atomic E-state index is 12.5. The highest BCUT2D eigenvalue weighted by atomic mass is 19.4. The summed E-state index contributed by atoms with van der Waals surface area (Å²) in [6, 6.07) is 6.57. The van der Waals surface area contributed by atoms with Crippen molar-refractivity contribution in [1.82, 2.24) is 20.2 Å². The van der Waals surface area contributed by atoms with E-state index in [9.17, 15) is 18.0 Å². The van der Waals surface area contributed by atoms with Crippen molar-refractivity contribution in [2.24, 2.45) is 0 Å². The highest BCUT2D eigenvalue weighted by Crippen LogP contribution is 2.29. The molecule has 1 N–H and O–H groups in total. The van der Waals surface area contributed by atoms with Crippen LogP contribution in [0.2, 0.25) is 0 Å². The van der Waals surface area contributed by atoms with Crippen LogP contribution in [0.4, 0.5) is 23.9 Å². The highest BCUT2D eigenvalue weighted by Gasteiger charge is 2.29. The smallest absolute Gasteiger partial charge is 0.338 e. The number of hydrogen-bond donors (Lipinski definition) is 1. The minimum atomic E-state index is -4.33. The van der Waals surface area contributed by atoms with Gasteiger partial charge in [0.2, 0.25) is 5.95 Å². The van der Waals surface area contributed by atoms with Gasteiger partial charge in [-0.2, -0.15) is 13.2 Å². The van der Waals surface area contributed by atoms with Crippen LogP contribution < -0.4 is 10.2 Å². The number of amides is 2. The van der Waals surface area contributed by atoms with Crippen molar-refractivity contribution in [3.05, 3.63) is 53.9 Å². The second-order valence-electron chi connectivity index (χ2n) is 6.20. The topological polar surface area (TPSA) is 61.4 Å². The fourth-order valence-corrected chi connectivity index (χ4v) is 2.85. The van der Waals surface area contributed by atoms with E-state index in [4.69, 9.17) is 0 Å². The number of anilines is 1. The molecule has 0 atom stereocenters. The lowest BCUT2D eigenvalue weighted by Gasteiger charge is -2.34. The number of halogens is 3. The lowest BCUT2D eigenvalue weighted by atomic mass is 10.1. The summed E-state index contributed by atoms with van der Waals surface area (Å²) in [5.41, 5.74) is 0.0740. The molecule has 0 spiro atoms. The first kappa shape index (κ1) is 18.9. The number of rotatable bonds is 4. The fraction of sp³-hybridized carbons (Fsp3) is 0.389. The van der Waals surface area contributed by atoms with E-state index in [0.717, 1.165) is 17.7 Å². The first-order valence-corrected chi connectivity index (χ1v) is 8.64. The number of carbonyl (C=O) groups excluding carboxylic acids is 1. The maximum Gasteiger partial charge on any atom is 0.416 e. The number of aromatic nitrogens is 2. The van der Waals surface area contributed by atoms with Crippen molar-refractivity contribution in [1.29, 1.82) is 0 Å². The number of nitrogens with zero attached hydrogens (tertiary/aromatic N) is 4. The van der Waals surface area contributed by atoms with Gasteiger partial charge in [-0.25, -0.2) is 14.8 Å². The number of urea groups is 1. The van der Waals surface area contributed by atoms with Crippen molar-refractivity contribution in [2.75, 3.05) is 37.6 Å². The largest absolute Gasteiger partial charge is 0.416 e.